The minimum atomic E-state index is 0.125. The van der Waals surface area contributed by atoms with Crippen LogP contribution in [0.4, 0.5) is 0 Å². The summed E-state index contributed by atoms with van der Waals surface area (Å²) >= 11 is 0. The van der Waals surface area contributed by atoms with Gasteiger partial charge >= 0.3 is 0 Å². The summed E-state index contributed by atoms with van der Waals surface area (Å²) in [6, 6.07) is 7.77. The van der Waals surface area contributed by atoms with Crippen molar-refractivity contribution in [1.82, 2.24) is 9.88 Å². The molecular formula is C14H18N2O. The first-order valence-corrected chi connectivity index (χ1v) is 6.13. The summed E-state index contributed by atoms with van der Waals surface area (Å²) in [7, 11) is 0. The Bertz CT molecular complexity index is 516. The molecule has 0 unspecified atom stereocenters. The van der Waals surface area contributed by atoms with Gasteiger partial charge in [-0.2, -0.15) is 0 Å². The minimum Gasteiger partial charge on any atom is -0.361 e. The molecule has 0 spiro atoms. The molecule has 0 saturated carbocycles. The maximum atomic E-state index is 12.4. The van der Waals surface area contributed by atoms with Gasteiger partial charge < -0.3 is 9.88 Å². The lowest BCUT2D eigenvalue weighted by Crippen LogP contribution is -2.31. The first-order chi connectivity index (χ1) is 8.27. The molecule has 0 aliphatic heterocycles. The van der Waals surface area contributed by atoms with Crippen LogP contribution in [0.2, 0.25) is 0 Å². The standard InChI is InChI=1S/C14H18N2O/c1-3-10-16(4-2)14(17)12-6-5-7-13-11(12)8-9-15-13/h5-9,15H,3-4,10H2,1-2H3. The zero-order valence-corrected chi connectivity index (χ0v) is 10.4. The van der Waals surface area contributed by atoms with Gasteiger partial charge in [0.1, 0.15) is 0 Å². The van der Waals surface area contributed by atoms with Crippen molar-refractivity contribution in [2.24, 2.45) is 0 Å². The maximum absolute atomic E-state index is 12.4. The zero-order chi connectivity index (χ0) is 12.3. The van der Waals surface area contributed by atoms with Crippen molar-refractivity contribution in [2.45, 2.75) is 20.3 Å². The fourth-order valence-electron chi connectivity index (χ4n) is 2.12. The van der Waals surface area contributed by atoms with Crippen molar-refractivity contribution in [3.63, 3.8) is 0 Å². The monoisotopic (exact) mass is 230 g/mol. The van der Waals surface area contributed by atoms with Gasteiger partial charge in [0, 0.05) is 35.8 Å². The number of carbonyl (C=O) groups is 1. The fraction of sp³-hybridized carbons (Fsp3) is 0.357. The summed E-state index contributed by atoms with van der Waals surface area (Å²) in [4.78, 5) is 17.4. The highest BCUT2D eigenvalue weighted by molar-refractivity contribution is 6.06. The fourth-order valence-corrected chi connectivity index (χ4v) is 2.12. The lowest BCUT2D eigenvalue weighted by molar-refractivity contribution is 0.0766. The number of fused-ring (bicyclic) bond motifs is 1. The van der Waals surface area contributed by atoms with Gasteiger partial charge in [0.25, 0.3) is 5.91 Å². The van der Waals surface area contributed by atoms with Gasteiger partial charge in [-0.3, -0.25) is 4.79 Å². The molecule has 1 amide bonds. The van der Waals surface area contributed by atoms with E-state index in [9.17, 15) is 4.79 Å². The van der Waals surface area contributed by atoms with E-state index in [-0.39, 0.29) is 5.91 Å². The highest BCUT2D eigenvalue weighted by atomic mass is 16.2. The molecular weight excluding hydrogens is 212 g/mol. The molecule has 0 aliphatic carbocycles. The molecule has 0 atom stereocenters. The third-order valence-electron chi connectivity index (χ3n) is 2.99. The number of aromatic nitrogens is 1. The molecule has 1 aromatic heterocycles. The maximum Gasteiger partial charge on any atom is 0.254 e. The summed E-state index contributed by atoms with van der Waals surface area (Å²) in [5.74, 6) is 0.125. The van der Waals surface area contributed by atoms with Crippen LogP contribution in [-0.2, 0) is 0 Å². The molecule has 3 heteroatoms. The second-order valence-corrected chi connectivity index (χ2v) is 4.13. The Hall–Kier alpha value is -1.77. The number of H-pyrrole nitrogens is 1. The quantitative estimate of drug-likeness (QED) is 0.861. The third-order valence-corrected chi connectivity index (χ3v) is 2.99. The zero-order valence-electron chi connectivity index (χ0n) is 10.4. The van der Waals surface area contributed by atoms with Crippen LogP contribution in [0.15, 0.2) is 30.5 Å². The summed E-state index contributed by atoms with van der Waals surface area (Å²) in [6.07, 6.45) is 2.86. The SMILES string of the molecule is CCCN(CC)C(=O)c1cccc2[nH]ccc12. The number of nitrogens with one attached hydrogen (secondary N) is 1. The van der Waals surface area contributed by atoms with E-state index < -0.39 is 0 Å². The van der Waals surface area contributed by atoms with Gasteiger partial charge in [-0.05, 0) is 31.5 Å². The topological polar surface area (TPSA) is 36.1 Å². The van der Waals surface area contributed by atoms with Gasteiger partial charge in [-0.25, -0.2) is 0 Å². The molecule has 90 valence electrons. The van der Waals surface area contributed by atoms with E-state index in [1.54, 1.807) is 0 Å². The number of benzene rings is 1. The van der Waals surface area contributed by atoms with E-state index in [0.717, 1.165) is 36.0 Å². The molecule has 1 N–H and O–H groups in total. The molecule has 1 aromatic carbocycles. The van der Waals surface area contributed by atoms with Crippen molar-refractivity contribution in [1.29, 1.82) is 0 Å². The minimum absolute atomic E-state index is 0.125. The first-order valence-electron chi connectivity index (χ1n) is 6.13. The van der Waals surface area contributed by atoms with Gasteiger partial charge in [0.05, 0.1) is 0 Å². The van der Waals surface area contributed by atoms with Crippen molar-refractivity contribution in [3.05, 3.63) is 36.0 Å². The molecule has 1 heterocycles. The molecule has 0 saturated heterocycles. The Labute approximate surface area is 101 Å². The predicted octanol–water partition coefficient (Wildman–Crippen LogP) is 3.04. The number of aromatic amines is 1. The normalized spacial score (nSPS) is 10.7. The van der Waals surface area contributed by atoms with Crippen LogP contribution >= 0.6 is 0 Å². The third kappa shape index (κ3) is 2.18. The van der Waals surface area contributed by atoms with E-state index in [2.05, 4.69) is 11.9 Å². The Balaban J connectivity index is 2.38. The molecule has 3 nitrogen and oxygen atoms in total. The summed E-state index contributed by atoms with van der Waals surface area (Å²) in [6.45, 7) is 5.68. The first kappa shape index (κ1) is 11.7. The van der Waals surface area contributed by atoms with Crippen LogP contribution in [0, 0.1) is 0 Å². The largest absolute Gasteiger partial charge is 0.361 e. The number of hydrogen-bond donors (Lipinski definition) is 1. The lowest BCUT2D eigenvalue weighted by Gasteiger charge is -2.20. The van der Waals surface area contributed by atoms with Gasteiger partial charge in [0.2, 0.25) is 0 Å². The van der Waals surface area contributed by atoms with Crippen LogP contribution in [-0.4, -0.2) is 28.9 Å². The van der Waals surface area contributed by atoms with E-state index in [0.29, 0.717) is 0 Å². The van der Waals surface area contributed by atoms with Crippen LogP contribution < -0.4 is 0 Å². The van der Waals surface area contributed by atoms with Crippen LogP contribution in [0.1, 0.15) is 30.6 Å². The molecule has 0 aliphatic rings. The highest BCUT2D eigenvalue weighted by Crippen LogP contribution is 2.19. The van der Waals surface area contributed by atoms with Crippen LogP contribution in [0.25, 0.3) is 10.9 Å². The van der Waals surface area contributed by atoms with Crippen molar-refractivity contribution in [2.75, 3.05) is 13.1 Å². The second kappa shape index (κ2) is 5.04. The Morgan fingerprint density at radius 1 is 1.29 bits per heavy atom. The van der Waals surface area contributed by atoms with E-state index in [4.69, 9.17) is 0 Å². The molecule has 17 heavy (non-hydrogen) atoms. The molecule has 0 bridgehead atoms. The molecule has 0 fully saturated rings. The number of carbonyl (C=O) groups excluding carboxylic acids is 1. The number of hydrogen-bond acceptors (Lipinski definition) is 1. The average molecular weight is 230 g/mol. The lowest BCUT2D eigenvalue weighted by atomic mass is 10.1. The van der Waals surface area contributed by atoms with Crippen molar-refractivity contribution < 1.29 is 4.79 Å². The second-order valence-electron chi connectivity index (χ2n) is 4.13. The smallest absolute Gasteiger partial charge is 0.254 e. The number of rotatable bonds is 4. The van der Waals surface area contributed by atoms with E-state index in [1.807, 2.05) is 42.3 Å². The van der Waals surface area contributed by atoms with E-state index in [1.165, 1.54) is 0 Å². The predicted molar refractivity (Wildman–Crippen MR) is 70.2 cm³/mol. The van der Waals surface area contributed by atoms with Gasteiger partial charge in [-0.15, -0.1) is 0 Å². The molecule has 2 rings (SSSR count). The highest BCUT2D eigenvalue weighted by Gasteiger charge is 2.15. The molecule has 2 aromatic rings. The van der Waals surface area contributed by atoms with Crippen molar-refractivity contribution >= 4 is 16.8 Å². The Morgan fingerprint density at radius 2 is 2.12 bits per heavy atom. The average Bonchev–Trinajstić information content (AvgIpc) is 2.83. The summed E-state index contributed by atoms with van der Waals surface area (Å²) in [5.41, 5.74) is 1.81. The molecule has 0 radical (unpaired) electrons. The number of nitrogens with zero attached hydrogens (tertiary/aromatic N) is 1. The van der Waals surface area contributed by atoms with Crippen LogP contribution in [0.5, 0.6) is 0 Å². The number of amides is 1. The van der Waals surface area contributed by atoms with Gasteiger partial charge in [0.15, 0.2) is 0 Å². The van der Waals surface area contributed by atoms with Crippen molar-refractivity contribution in [3.8, 4) is 0 Å². The summed E-state index contributed by atoms with van der Waals surface area (Å²) < 4.78 is 0. The van der Waals surface area contributed by atoms with Crippen LogP contribution in [0.3, 0.4) is 0 Å². The summed E-state index contributed by atoms with van der Waals surface area (Å²) in [5, 5.41) is 1.01. The Morgan fingerprint density at radius 3 is 2.82 bits per heavy atom. The van der Waals surface area contributed by atoms with E-state index >= 15 is 0 Å². The Kier molecular flexibility index (Phi) is 3.47. The van der Waals surface area contributed by atoms with Gasteiger partial charge in [-0.1, -0.05) is 13.0 Å².